The normalized spacial score (nSPS) is 12.6. The third-order valence-electron chi connectivity index (χ3n) is 5.03. The number of rotatable bonds is 6. The van der Waals surface area contributed by atoms with Gasteiger partial charge in [-0.15, -0.1) is 11.3 Å². The van der Waals surface area contributed by atoms with Gasteiger partial charge in [-0.05, 0) is 29.8 Å². The molecule has 2 aromatic carbocycles. The minimum absolute atomic E-state index is 0.0953. The lowest BCUT2D eigenvalue weighted by Crippen LogP contribution is -2.32. The molecule has 9 heteroatoms. The maximum atomic E-state index is 13.3. The van der Waals surface area contributed by atoms with Crippen LogP contribution < -0.4 is 5.32 Å². The van der Waals surface area contributed by atoms with E-state index in [9.17, 15) is 23.6 Å². The highest BCUT2D eigenvalue weighted by Crippen LogP contribution is 2.36. The van der Waals surface area contributed by atoms with Crippen molar-refractivity contribution in [3.63, 3.8) is 0 Å². The number of hydrogen-bond acceptors (Lipinski definition) is 6. The number of ether oxygens (including phenoxy) is 1. The van der Waals surface area contributed by atoms with E-state index >= 15 is 0 Å². The highest BCUT2D eigenvalue weighted by Gasteiger charge is 2.35. The zero-order chi connectivity index (χ0) is 22.8. The molecule has 0 unspecified atom stereocenters. The van der Waals surface area contributed by atoms with E-state index in [-0.39, 0.29) is 23.5 Å². The first-order valence-corrected chi connectivity index (χ1v) is 10.5. The highest BCUT2D eigenvalue weighted by atomic mass is 32.1. The Labute approximate surface area is 186 Å². The number of amides is 3. The molecule has 1 N–H and O–H groups in total. The molecule has 0 bridgehead atoms. The third-order valence-corrected chi connectivity index (χ3v) is 5.92. The summed E-state index contributed by atoms with van der Waals surface area (Å²) in [7, 11) is 1.22. The summed E-state index contributed by atoms with van der Waals surface area (Å²) in [5.41, 5.74) is 1.87. The lowest BCUT2D eigenvalue weighted by atomic mass is 10.0. The van der Waals surface area contributed by atoms with Crippen LogP contribution >= 0.6 is 11.3 Å². The van der Waals surface area contributed by atoms with Gasteiger partial charge in [0.1, 0.15) is 16.4 Å². The van der Waals surface area contributed by atoms with Crippen LogP contribution in [0.25, 0.3) is 11.1 Å². The predicted molar refractivity (Wildman–Crippen MR) is 116 cm³/mol. The second kappa shape index (κ2) is 8.72. The molecule has 32 heavy (non-hydrogen) atoms. The number of nitrogens with one attached hydrogen (secondary N) is 1. The maximum Gasteiger partial charge on any atom is 0.341 e. The Morgan fingerprint density at radius 2 is 1.62 bits per heavy atom. The Balaban J connectivity index is 1.49. The summed E-state index contributed by atoms with van der Waals surface area (Å²) < 4.78 is 18.1. The lowest BCUT2D eigenvalue weighted by molar-refractivity contribution is -0.116. The number of halogens is 1. The van der Waals surface area contributed by atoms with Crippen molar-refractivity contribution in [2.75, 3.05) is 19.0 Å². The van der Waals surface area contributed by atoms with Gasteiger partial charge in [0.05, 0.1) is 18.2 Å². The summed E-state index contributed by atoms with van der Waals surface area (Å²) in [6.45, 7) is -0.0953. The largest absolute Gasteiger partial charge is 0.465 e. The van der Waals surface area contributed by atoms with Crippen molar-refractivity contribution in [2.24, 2.45) is 0 Å². The summed E-state index contributed by atoms with van der Waals surface area (Å²) >= 11 is 1.12. The Bertz CT molecular complexity index is 1200. The molecule has 1 aliphatic heterocycles. The number of esters is 1. The van der Waals surface area contributed by atoms with Crippen molar-refractivity contribution in [3.8, 4) is 11.1 Å². The van der Waals surface area contributed by atoms with Crippen LogP contribution in [0.15, 0.2) is 53.9 Å². The standard InChI is InChI=1S/C23H17FN2O5S/c1-31-23(30)19-17(13-6-8-14(24)9-7-13)12-32-20(19)25-18(27)10-11-26-21(28)15-4-2-3-5-16(15)22(26)29/h2-9,12H,10-11H2,1H3,(H,25,27). The third kappa shape index (κ3) is 3.90. The van der Waals surface area contributed by atoms with E-state index in [4.69, 9.17) is 4.74 Å². The van der Waals surface area contributed by atoms with Crippen LogP contribution in [0, 0.1) is 5.82 Å². The number of imide groups is 1. The van der Waals surface area contributed by atoms with Crippen molar-refractivity contribution in [3.05, 3.63) is 76.4 Å². The average molecular weight is 452 g/mol. The van der Waals surface area contributed by atoms with Crippen molar-refractivity contribution in [2.45, 2.75) is 6.42 Å². The van der Waals surface area contributed by atoms with Gasteiger partial charge in [-0.2, -0.15) is 0 Å². The van der Waals surface area contributed by atoms with Gasteiger partial charge in [0.2, 0.25) is 5.91 Å². The van der Waals surface area contributed by atoms with Crippen molar-refractivity contribution in [1.29, 1.82) is 0 Å². The van der Waals surface area contributed by atoms with Crippen LogP contribution in [0.1, 0.15) is 37.5 Å². The number of anilines is 1. The van der Waals surface area contributed by atoms with Crippen LogP contribution in [0.5, 0.6) is 0 Å². The number of carbonyl (C=O) groups is 4. The minimum atomic E-state index is -0.652. The van der Waals surface area contributed by atoms with E-state index < -0.39 is 29.5 Å². The molecule has 3 amide bonds. The molecule has 7 nitrogen and oxygen atoms in total. The minimum Gasteiger partial charge on any atom is -0.465 e. The smallest absolute Gasteiger partial charge is 0.341 e. The Morgan fingerprint density at radius 1 is 1.00 bits per heavy atom. The first-order chi connectivity index (χ1) is 15.4. The Morgan fingerprint density at radius 3 is 2.22 bits per heavy atom. The van der Waals surface area contributed by atoms with Gasteiger partial charge in [-0.3, -0.25) is 19.3 Å². The Kier molecular flexibility index (Phi) is 5.83. The molecule has 0 fully saturated rings. The fourth-order valence-corrected chi connectivity index (χ4v) is 4.41. The molecular formula is C23H17FN2O5S. The van der Waals surface area contributed by atoms with Gasteiger partial charge >= 0.3 is 5.97 Å². The first kappa shape index (κ1) is 21.4. The highest BCUT2D eigenvalue weighted by molar-refractivity contribution is 7.15. The molecule has 3 aromatic rings. The summed E-state index contributed by atoms with van der Waals surface area (Å²) in [6.07, 6.45) is -0.143. The lowest BCUT2D eigenvalue weighted by Gasteiger charge is -2.13. The van der Waals surface area contributed by atoms with E-state index in [0.717, 1.165) is 16.2 Å². The fourth-order valence-electron chi connectivity index (χ4n) is 3.44. The number of nitrogens with zero attached hydrogens (tertiary/aromatic N) is 1. The van der Waals surface area contributed by atoms with Crippen molar-refractivity contribution in [1.82, 2.24) is 4.90 Å². The van der Waals surface area contributed by atoms with Gasteiger partial charge in [-0.25, -0.2) is 9.18 Å². The maximum absolute atomic E-state index is 13.3. The van der Waals surface area contributed by atoms with Gasteiger partial charge in [0.15, 0.2) is 0 Å². The monoisotopic (exact) mass is 452 g/mol. The molecule has 0 saturated carbocycles. The molecule has 0 atom stereocenters. The molecule has 162 valence electrons. The predicted octanol–water partition coefficient (Wildman–Crippen LogP) is 3.97. The number of hydrogen-bond donors (Lipinski definition) is 1. The van der Waals surface area contributed by atoms with E-state index in [2.05, 4.69) is 5.32 Å². The molecule has 0 saturated heterocycles. The number of benzene rings is 2. The zero-order valence-electron chi connectivity index (χ0n) is 16.9. The molecule has 0 spiro atoms. The number of carbonyl (C=O) groups excluding carboxylic acids is 4. The van der Waals surface area contributed by atoms with E-state index in [1.54, 1.807) is 29.6 Å². The number of thiophene rings is 1. The molecule has 1 aromatic heterocycles. The van der Waals surface area contributed by atoms with Crippen LogP contribution in [0.2, 0.25) is 0 Å². The molecule has 2 heterocycles. The van der Waals surface area contributed by atoms with Crippen LogP contribution in [0.4, 0.5) is 9.39 Å². The van der Waals surface area contributed by atoms with Gasteiger partial charge in [0, 0.05) is 23.9 Å². The zero-order valence-corrected chi connectivity index (χ0v) is 17.7. The van der Waals surface area contributed by atoms with Gasteiger partial charge in [-0.1, -0.05) is 24.3 Å². The van der Waals surface area contributed by atoms with E-state index in [1.807, 2.05) is 0 Å². The SMILES string of the molecule is COC(=O)c1c(-c2ccc(F)cc2)csc1NC(=O)CCN1C(=O)c2ccccc2C1=O. The fraction of sp³-hybridized carbons (Fsp3) is 0.130. The molecule has 0 radical (unpaired) electrons. The summed E-state index contributed by atoms with van der Waals surface area (Å²) in [6, 6.07) is 12.1. The second-order valence-corrected chi connectivity index (χ2v) is 7.84. The molecule has 4 rings (SSSR count). The summed E-state index contributed by atoms with van der Waals surface area (Å²) in [5.74, 6) is -2.42. The van der Waals surface area contributed by atoms with E-state index in [1.165, 1.54) is 31.4 Å². The number of methoxy groups -OCH3 is 1. The molecular weight excluding hydrogens is 435 g/mol. The van der Waals surface area contributed by atoms with Crippen LogP contribution in [-0.2, 0) is 9.53 Å². The summed E-state index contributed by atoms with van der Waals surface area (Å²) in [4.78, 5) is 50.8. The van der Waals surface area contributed by atoms with E-state index in [0.29, 0.717) is 22.3 Å². The van der Waals surface area contributed by atoms with Gasteiger partial charge < -0.3 is 10.1 Å². The molecule has 1 aliphatic rings. The van der Waals surface area contributed by atoms with Gasteiger partial charge in [0.25, 0.3) is 11.8 Å². The first-order valence-electron chi connectivity index (χ1n) is 9.61. The quantitative estimate of drug-likeness (QED) is 0.451. The average Bonchev–Trinajstić information content (AvgIpc) is 3.31. The second-order valence-electron chi connectivity index (χ2n) is 6.96. The van der Waals surface area contributed by atoms with Crippen LogP contribution in [-0.4, -0.2) is 42.2 Å². The van der Waals surface area contributed by atoms with Crippen molar-refractivity contribution < 1.29 is 28.3 Å². The Hall–Kier alpha value is -3.85. The van der Waals surface area contributed by atoms with Crippen molar-refractivity contribution >= 4 is 40.0 Å². The summed E-state index contributed by atoms with van der Waals surface area (Å²) in [5, 5.41) is 4.59. The van der Waals surface area contributed by atoms with Crippen LogP contribution in [0.3, 0.4) is 0 Å². The topological polar surface area (TPSA) is 92.8 Å². The number of fused-ring (bicyclic) bond motifs is 1. The molecule has 0 aliphatic carbocycles.